The Hall–Kier alpha value is -0.770. The second-order valence-electron chi connectivity index (χ2n) is 8.04. The Balaban J connectivity index is 1.74. The molecule has 3 heterocycles. The molecule has 0 aromatic carbocycles. The third kappa shape index (κ3) is 3.99. The van der Waals surface area contributed by atoms with Crippen molar-refractivity contribution < 1.29 is 33.2 Å². The van der Waals surface area contributed by atoms with Crippen molar-refractivity contribution in [3.05, 3.63) is 0 Å². The van der Waals surface area contributed by atoms with Gasteiger partial charge < -0.3 is 34.2 Å². The van der Waals surface area contributed by atoms with E-state index in [1.807, 2.05) is 27.7 Å². The number of carbonyl (C=O) groups excluding carboxylic acids is 1. The molecule has 2 N–H and O–H groups in total. The largest absolute Gasteiger partial charge is 0.462 e. The lowest BCUT2D eigenvalue weighted by molar-refractivity contribution is -0.236. The van der Waals surface area contributed by atoms with Crippen molar-refractivity contribution >= 4 is 5.97 Å². The van der Waals surface area contributed by atoms with Crippen molar-refractivity contribution in [2.45, 2.75) is 102 Å². The topological polar surface area (TPSA) is 98.5 Å². The lowest BCUT2D eigenvalue weighted by Gasteiger charge is -2.38. The van der Waals surface area contributed by atoms with Crippen molar-refractivity contribution in [1.29, 1.82) is 0 Å². The predicted molar refractivity (Wildman–Crippen MR) is 86.3 cm³/mol. The van der Waals surface area contributed by atoms with E-state index in [9.17, 15) is 4.79 Å². The van der Waals surface area contributed by atoms with E-state index >= 15 is 0 Å². The summed E-state index contributed by atoms with van der Waals surface area (Å²) in [7, 11) is 0. The van der Waals surface area contributed by atoms with Crippen LogP contribution in [-0.4, -0.2) is 60.4 Å². The SMILES string of the molecule is CC(C)OC(=O)[C@@H](N)C[C@H]1O[C@@H]2OC(C)(C)O[C@@H]2[C@H]2OC(C)(C)O[C@H]21. The Labute approximate surface area is 148 Å². The molecular formula is C17H29NO7. The molecule has 3 aliphatic heterocycles. The van der Waals surface area contributed by atoms with E-state index in [-0.39, 0.29) is 18.6 Å². The van der Waals surface area contributed by atoms with Crippen molar-refractivity contribution in [3.63, 3.8) is 0 Å². The average Bonchev–Trinajstić information content (AvgIpc) is 2.92. The van der Waals surface area contributed by atoms with Crippen LogP contribution in [0.5, 0.6) is 0 Å². The van der Waals surface area contributed by atoms with Gasteiger partial charge in [0.05, 0.1) is 12.2 Å². The van der Waals surface area contributed by atoms with Crippen LogP contribution in [0, 0.1) is 0 Å². The number of esters is 1. The lowest BCUT2D eigenvalue weighted by Crippen LogP contribution is -2.56. The zero-order chi connectivity index (χ0) is 18.6. The molecule has 0 aliphatic carbocycles. The minimum atomic E-state index is -0.813. The maximum Gasteiger partial charge on any atom is 0.323 e. The molecule has 3 rings (SSSR count). The molecule has 0 aromatic rings. The van der Waals surface area contributed by atoms with E-state index in [0.717, 1.165) is 0 Å². The van der Waals surface area contributed by atoms with Crippen LogP contribution in [0.2, 0.25) is 0 Å². The molecule has 0 aromatic heterocycles. The third-order valence-electron chi connectivity index (χ3n) is 4.39. The van der Waals surface area contributed by atoms with Gasteiger partial charge in [-0.1, -0.05) is 0 Å². The van der Waals surface area contributed by atoms with E-state index in [0.29, 0.717) is 0 Å². The molecule has 6 atom stereocenters. The van der Waals surface area contributed by atoms with Crippen LogP contribution in [0.1, 0.15) is 48.0 Å². The molecule has 0 bridgehead atoms. The molecule has 0 spiro atoms. The molecule has 3 aliphatic rings. The molecule has 25 heavy (non-hydrogen) atoms. The summed E-state index contributed by atoms with van der Waals surface area (Å²) in [5, 5.41) is 0. The average molecular weight is 359 g/mol. The standard InChI is InChI=1S/C17H29NO7/c1-8(2)20-14(19)9(18)7-10-11-12(23-16(3,4)22-11)13-15(21-10)25-17(5,6)24-13/h8-13,15H,7,18H2,1-6H3/t9-,10+,11-,12-,13+,15+/m0/s1. The minimum Gasteiger partial charge on any atom is -0.462 e. The van der Waals surface area contributed by atoms with E-state index in [1.165, 1.54) is 0 Å². The lowest BCUT2D eigenvalue weighted by atomic mass is 9.94. The highest BCUT2D eigenvalue weighted by molar-refractivity contribution is 5.75. The van der Waals surface area contributed by atoms with Gasteiger partial charge in [-0.05, 0) is 41.5 Å². The Morgan fingerprint density at radius 1 is 1.00 bits per heavy atom. The fourth-order valence-corrected chi connectivity index (χ4v) is 3.55. The van der Waals surface area contributed by atoms with Gasteiger partial charge in [0.25, 0.3) is 0 Å². The van der Waals surface area contributed by atoms with Gasteiger partial charge >= 0.3 is 5.97 Å². The summed E-state index contributed by atoms with van der Waals surface area (Å²) in [4.78, 5) is 12.0. The third-order valence-corrected chi connectivity index (χ3v) is 4.39. The zero-order valence-electron chi connectivity index (χ0n) is 15.7. The summed E-state index contributed by atoms with van der Waals surface area (Å²) in [6.45, 7) is 10.9. The van der Waals surface area contributed by atoms with E-state index in [1.54, 1.807) is 13.8 Å². The molecule has 8 heteroatoms. The van der Waals surface area contributed by atoms with Crippen molar-refractivity contribution in [1.82, 2.24) is 0 Å². The minimum absolute atomic E-state index is 0.222. The molecule has 0 amide bonds. The van der Waals surface area contributed by atoms with Crippen molar-refractivity contribution in [2.24, 2.45) is 5.73 Å². The second-order valence-corrected chi connectivity index (χ2v) is 8.04. The number of fused-ring (bicyclic) bond motifs is 3. The van der Waals surface area contributed by atoms with Crippen LogP contribution in [0.15, 0.2) is 0 Å². The normalized spacial score (nSPS) is 39.8. The highest BCUT2D eigenvalue weighted by atomic mass is 16.9. The quantitative estimate of drug-likeness (QED) is 0.744. The number of carbonyl (C=O) groups is 1. The highest BCUT2D eigenvalue weighted by Crippen LogP contribution is 2.44. The number of ether oxygens (including phenoxy) is 6. The summed E-state index contributed by atoms with van der Waals surface area (Å²) < 4.78 is 35.0. The number of hydrogen-bond acceptors (Lipinski definition) is 8. The summed E-state index contributed by atoms with van der Waals surface area (Å²) in [6.07, 6.45) is -2.16. The highest BCUT2D eigenvalue weighted by Gasteiger charge is 2.60. The monoisotopic (exact) mass is 359 g/mol. The predicted octanol–water partition coefficient (Wildman–Crippen LogP) is 1.05. The van der Waals surface area contributed by atoms with E-state index in [2.05, 4.69) is 0 Å². The Bertz CT molecular complexity index is 521. The van der Waals surface area contributed by atoms with Gasteiger partial charge in [0.15, 0.2) is 17.9 Å². The summed E-state index contributed by atoms with van der Waals surface area (Å²) >= 11 is 0. The first-order valence-corrected chi connectivity index (χ1v) is 8.80. The molecule has 3 saturated heterocycles. The van der Waals surface area contributed by atoms with Crippen molar-refractivity contribution in [3.8, 4) is 0 Å². The van der Waals surface area contributed by atoms with Crippen LogP contribution in [0.4, 0.5) is 0 Å². The van der Waals surface area contributed by atoms with Gasteiger partial charge in [-0.25, -0.2) is 0 Å². The maximum atomic E-state index is 12.0. The van der Waals surface area contributed by atoms with Gasteiger partial charge in [-0.3, -0.25) is 4.79 Å². The summed E-state index contributed by atoms with van der Waals surface area (Å²) in [6, 6.07) is -0.813. The first-order chi connectivity index (χ1) is 11.5. The molecule has 144 valence electrons. The second kappa shape index (κ2) is 6.44. The van der Waals surface area contributed by atoms with Gasteiger partial charge in [0, 0.05) is 6.42 Å². The van der Waals surface area contributed by atoms with Crippen LogP contribution < -0.4 is 5.73 Å². The van der Waals surface area contributed by atoms with Gasteiger partial charge in [0.2, 0.25) is 0 Å². The van der Waals surface area contributed by atoms with Crippen molar-refractivity contribution in [2.75, 3.05) is 0 Å². The van der Waals surface area contributed by atoms with Crippen LogP contribution in [0.3, 0.4) is 0 Å². The number of rotatable bonds is 4. The van der Waals surface area contributed by atoms with Gasteiger partial charge in [0.1, 0.15) is 24.4 Å². The first-order valence-electron chi connectivity index (χ1n) is 8.80. The van der Waals surface area contributed by atoms with E-state index < -0.39 is 48.2 Å². The Morgan fingerprint density at radius 3 is 2.20 bits per heavy atom. The number of nitrogens with two attached hydrogens (primary N) is 1. The Kier molecular flexibility index (Phi) is 4.89. The summed E-state index contributed by atoms with van der Waals surface area (Å²) in [5.41, 5.74) is 6.01. The van der Waals surface area contributed by atoms with Crippen LogP contribution in [0.25, 0.3) is 0 Å². The molecule has 8 nitrogen and oxygen atoms in total. The zero-order valence-corrected chi connectivity index (χ0v) is 15.7. The Morgan fingerprint density at radius 2 is 1.56 bits per heavy atom. The molecular weight excluding hydrogens is 330 g/mol. The van der Waals surface area contributed by atoms with Gasteiger partial charge in [-0.15, -0.1) is 0 Å². The molecule has 3 fully saturated rings. The smallest absolute Gasteiger partial charge is 0.323 e. The fraction of sp³-hybridized carbons (Fsp3) is 0.941. The fourth-order valence-electron chi connectivity index (χ4n) is 3.55. The maximum absolute atomic E-state index is 12.0. The van der Waals surface area contributed by atoms with Crippen LogP contribution >= 0.6 is 0 Å². The molecule has 0 unspecified atom stereocenters. The van der Waals surface area contributed by atoms with E-state index in [4.69, 9.17) is 34.2 Å². The first kappa shape index (κ1) is 19.0. The number of hydrogen-bond donors (Lipinski definition) is 1. The summed E-state index contributed by atoms with van der Waals surface area (Å²) in [5.74, 6) is -2.01. The van der Waals surface area contributed by atoms with Gasteiger partial charge in [-0.2, -0.15) is 0 Å². The molecule has 0 saturated carbocycles. The molecule has 0 radical (unpaired) electrons. The van der Waals surface area contributed by atoms with Crippen LogP contribution in [-0.2, 0) is 33.2 Å².